The Balaban J connectivity index is 1.45. The lowest BCUT2D eigenvalue weighted by Crippen LogP contribution is -2.47. The Labute approximate surface area is 152 Å². The van der Waals surface area contributed by atoms with E-state index in [0.717, 1.165) is 58.4 Å². The molecule has 0 aromatic heterocycles. The van der Waals surface area contributed by atoms with E-state index in [1.165, 1.54) is 11.3 Å². The molecule has 1 N–H and O–H groups in total. The van der Waals surface area contributed by atoms with Gasteiger partial charge in [0.25, 0.3) is 0 Å². The van der Waals surface area contributed by atoms with Crippen LogP contribution >= 0.6 is 0 Å². The van der Waals surface area contributed by atoms with E-state index in [1.807, 2.05) is 0 Å². The Morgan fingerprint density at radius 1 is 1.16 bits per heavy atom. The third kappa shape index (κ3) is 4.00. The van der Waals surface area contributed by atoms with Crippen LogP contribution in [-0.4, -0.2) is 49.6 Å². The Kier molecular flexibility index (Phi) is 5.67. The molecule has 3 rings (SSSR count). The normalized spacial score (nSPS) is 23.7. The van der Waals surface area contributed by atoms with Crippen molar-refractivity contribution < 1.29 is 4.79 Å². The van der Waals surface area contributed by atoms with Crippen LogP contribution in [0.2, 0.25) is 0 Å². The van der Waals surface area contributed by atoms with E-state index >= 15 is 0 Å². The van der Waals surface area contributed by atoms with Crippen LogP contribution in [0.1, 0.15) is 45.1 Å². The van der Waals surface area contributed by atoms with Crippen LogP contribution in [0.15, 0.2) is 24.3 Å². The Hall–Kier alpha value is -1.55. The van der Waals surface area contributed by atoms with Gasteiger partial charge >= 0.3 is 0 Å². The van der Waals surface area contributed by atoms with E-state index in [0.29, 0.717) is 6.04 Å². The number of piperazine rings is 1. The van der Waals surface area contributed by atoms with Gasteiger partial charge in [0, 0.05) is 44.5 Å². The SMILES string of the molecule is CCC1(CC)C[C@H](CCN2CCN(c3cccc(C)c3)CC2)NC1=O. The summed E-state index contributed by atoms with van der Waals surface area (Å²) in [4.78, 5) is 17.4. The molecule has 1 atom stereocenters. The molecule has 4 heteroatoms. The highest BCUT2D eigenvalue weighted by Gasteiger charge is 2.43. The molecule has 1 aromatic carbocycles. The van der Waals surface area contributed by atoms with E-state index in [4.69, 9.17) is 0 Å². The van der Waals surface area contributed by atoms with Crippen LogP contribution in [-0.2, 0) is 4.79 Å². The first-order chi connectivity index (χ1) is 12.1. The minimum absolute atomic E-state index is 0.103. The Morgan fingerprint density at radius 3 is 2.48 bits per heavy atom. The lowest BCUT2D eigenvalue weighted by Gasteiger charge is -2.36. The minimum atomic E-state index is -0.103. The van der Waals surface area contributed by atoms with Crippen LogP contribution in [0.4, 0.5) is 5.69 Å². The van der Waals surface area contributed by atoms with Gasteiger partial charge in [0.1, 0.15) is 0 Å². The van der Waals surface area contributed by atoms with Gasteiger partial charge in [-0.1, -0.05) is 26.0 Å². The van der Waals surface area contributed by atoms with Crippen LogP contribution in [0.5, 0.6) is 0 Å². The first kappa shape index (κ1) is 18.2. The van der Waals surface area contributed by atoms with E-state index < -0.39 is 0 Å². The van der Waals surface area contributed by atoms with Crippen molar-refractivity contribution in [2.75, 3.05) is 37.6 Å². The maximum absolute atomic E-state index is 12.3. The van der Waals surface area contributed by atoms with Gasteiger partial charge in [-0.2, -0.15) is 0 Å². The molecule has 2 aliphatic heterocycles. The van der Waals surface area contributed by atoms with Crippen molar-refractivity contribution in [3.8, 4) is 0 Å². The number of hydrogen-bond acceptors (Lipinski definition) is 3. The number of nitrogens with zero attached hydrogens (tertiary/aromatic N) is 2. The summed E-state index contributed by atoms with van der Waals surface area (Å²) in [5, 5.41) is 3.25. The fourth-order valence-electron chi connectivity index (χ4n) is 4.38. The predicted molar refractivity (Wildman–Crippen MR) is 104 cm³/mol. The predicted octanol–water partition coefficient (Wildman–Crippen LogP) is 3.20. The van der Waals surface area contributed by atoms with Gasteiger partial charge in [-0.3, -0.25) is 9.69 Å². The molecule has 2 aliphatic rings. The number of anilines is 1. The van der Waals surface area contributed by atoms with E-state index in [1.54, 1.807) is 0 Å². The van der Waals surface area contributed by atoms with Crippen molar-refractivity contribution in [1.82, 2.24) is 10.2 Å². The molecule has 0 bridgehead atoms. The highest BCUT2D eigenvalue weighted by atomic mass is 16.2. The molecular weight excluding hydrogens is 310 g/mol. The van der Waals surface area contributed by atoms with Crippen molar-refractivity contribution in [3.05, 3.63) is 29.8 Å². The highest BCUT2D eigenvalue weighted by molar-refractivity contribution is 5.85. The molecule has 0 unspecified atom stereocenters. The highest BCUT2D eigenvalue weighted by Crippen LogP contribution is 2.37. The summed E-state index contributed by atoms with van der Waals surface area (Å²) >= 11 is 0. The van der Waals surface area contributed by atoms with Crippen LogP contribution in [0.3, 0.4) is 0 Å². The summed E-state index contributed by atoms with van der Waals surface area (Å²) in [5.41, 5.74) is 2.57. The van der Waals surface area contributed by atoms with Gasteiger partial charge in [-0.15, -0.1) is 0 Å². The van der Waals surface area contributed by atoms with Crippen LogP contribution in [0.25, 0.3) is 0 Å². The van der Waals surface area contributed by atoms with Crippen molar-refractivity contribution >= 4 is 11.6 Å². The zero-order valence-electron chi connectivity index (χ0n) is 16.1. The molecule has 4 nitrogen and oxygen atoms in total. The van der Waals surface area contributed by atoms with Gasteiger partial charge in [0.05, 0.1) is 5.41 Å². The molecule has 0 saturated carbocycles. The molecule has 2 saturated heterocycles. The Bertz CT molecular complexity index is 589. The van der Waals surface area contributed by atoms with Crippen molar-refractivity contribution in [2.45, 2.75) is 52.5 Å². The first-order valence-corrected chi connectivity index (χ1v) is 9.91. The summed E-state index contributed by atoms with van der Waals surface area (Å²) in [6.07, 6.45) is 4.02. The molecule has 138 valence electrons. The topological polar surface area (TPSA) is 35.6 Å². The van der Waals surface area contributed by atoms with Crippen LogP contribution < -0.4 is 10.2 Å². The summed E-state index contributed by atoms with van der Waals surface area (Å²) in [6, 6.07) is 9.16. The van der Waals surface area contributed by atoms with E-state index in [-0.39, 0.29) is 11.3 Å². The third-order valence-corrected chi connectivity index (χ3v) is 6.34. The molecule has 0 aliphatic carbocycles. The number of rotatable bonds is 6. The average molecular weight is 344 g/mol. The van der Waals surface area contributed by atoms with E-state index in [2.05, 4.69) is 60.2 Å². The van der Waals surface area contributed by atoms with Crippen LogP contribution in [0, 0.1) is 12.3 Å². The Morgan fingerprint density at radius 2 is 1.88 bits per heavy atom. The number of carbonyl (C=O) groups is 1. The lowest BCUT2D eigenvalue weighted by atomic mass is 9.79. The third-order valence-electron chi connectivity index (χ3n) is 6.34. The second kappa shape index (κ2) is 7.77. The minimum Gasteiger partial charge on any atom is -0.369 e. The summed E-state index contributed by atoms with van der Waals surface area (Å²) < 4.78 is 0. The van der Waals surface area contributed by atoms with Gasteiger partial charge in [0.15, 0.2) is 0 Å². The zero-order chi connectivity index (χ0) is 17.9. The van der Waals surface area contributed by atoms with Gasteiger partial charge in [-0.05, 0) is 50.3 Å². The quantitative estimate of drug-likeness (QED) is 0.861. The molecule has 1 amide bonds. The number of nitrogens with one attached hydrogen (secondary N) is 1. The second-order valence-electron chi connectivity index (χ2n) is 7.82. The monoisotopic (exact) mass is 343 g/mol. The van der Waals surface area contributed by atoms with Gasteiger partial charge in [0.2, 0.25) is 5.91 Å². The molecule has 0 spiro atoms. The standard InChI is InChI=1S/C21H33N3O/c1-4-21(5-2)16-18(22-20(21)25)9-10-23-11-13-24(14-12-23)19-8-6-7-17(3)15-19/h6-8,15,18H,4-5,9-14,16H2,1-3H3,(H,22,25)/t18-/m0/s1. The lowest BCUT2D eigenvalue weighted by molar-refractivity contribution is -0.128. The molecule has 2 fully saturated rings. The average Bonchev–Trinajstić information content (AvgIpc) is 2.96. The molecular formula is C21H33N3O. The van der Waals surface area contributed by atoms with Crippen molar-refractivity contribution in [2.24, 2.45) is 5.41 Å². The number of benzene rings is 1. The molecule has 2 heterocycles. The van der Waals surface area contributed by atoms with E-state index in [9.17, 15) is 4.79 Å². The fraction of sp³-hybridized carbons (Fsp3) is 0.667. The maximum atomic E-state index is 12.3. The second-order valence-corrected chi connectivity index (χ2v) is 7.82. The largest absolute Gasteiger partial charge is 0.369 e. The van der Waals surface area contributed by atoms with Gasteiger partial charge in [-0.25, -0.2) is 0 Å². The number of amides is 1. The maximum Gasteiger partial charge on any atom is 0.226 e. The van der Waals surface area contributed by atoms with Gasteiger partial charge < -0.3 is 10.2 Å². The molecule has 1 aromatic rings. The number of carbonyl (C=O) groups excluding carboxylic acids is 1. The number of hydrogen-bond donors (Lipinski definition) is 1. The fourth-order valence-corrected chi connectivity index (χ4v) is 4.38. The molecule has 0 radical (unpaired) electrons. The number of aryl methyl sites for hydroxylation is 1. The zero-order valence-corrected chi connectivity index (χ0v) is 16.1. The first-order valence-electron chi connectivity index (χ1n) is 9.91. The summed E-state index contributed by atoms with van der Waals surface area (Å²) in [5.74, 6) is 0.284. The molecule has 25 heavy (non-hydrogen) atoms. The summed E-state index contributed by atoms with van der Waals surface area (Å²) in [6.45, 7) is 12.0. The van der Waals surface area contributed by atoms with Crippen molar-refractivity contribution in [1.29, 1.82) is 0 Å². The van der Waals surface area contributed by atoms with Crippen molar-refractivity contribution in [3.63, 3.8) is 0 Å². The smallest absolute Gasteiger partial charge is 0.226 e. The summed E-state index contributed by atoms with van der Waals surface area (Å²) in [7, 11) is 0.